The van der Waals surface area contributed by atoms with Crippen molar-refractivity contribution in [1.82, 2.24) is 0 Å². The van der Waals surface area contributed by atoms with Crippen LogP contribution < -0.4 is 9.47 Å². The third-order valence-corrected chi connectivity index (χ3v) is 9.93. The van der Waals surface area contributed by atoms with Gasteiger partial charge in [-0.15, -0.1) is 0 Å². The summed E-state index contributed by atoms with van der Waals surface area (Å²) in [5, 5.41) is 6.81. The molecule has 0 amide bonds. The van der Waals surface area contributed by atoms with Crippen LogP contribution in [0.1, 0.15) is 22.3 Å². The topological polar surface area (TPSA) is 71.1 Å². The van der Waals surface area contributed by atoms with Crippen LogP contribution in [0.15, 0.2) is 159 Å². The monoisotopic (exact) mass is 696 g/mol. The second-order valence-electron chi connectivity index (χ2n) is 12.9. The van der Waals surface area contributed by atoms with Crippen LogP contribution in [0.2, 0.25) is 0 Å². The van der Waals surface area contributed by atoms with Crippen molar-refractivity contribution in [3.63, 3.8) is 0 Å². The average Bonchev–Trinajstić information content (AvgIpc) is 3.47. The lowest BCUT2D eigenvalue weighted by molar-refractivity contribution is -0.139. The number of ether oxygens (including phenoxy) is 4. The van der Waals surface area contributed by atoms with Crippen LogP contribution in [0.3, 0.4) is 0 Å². The minimum atomic E-state index is -0.671. The number of esters is 2. The molecule has 0 heterocycles. The van der Waals surface area contributed by atoms with Gasteiger partial charge < -0.3 is 18.9 Å². The van der Waals surface area contributed by atoms with Gasteiger partial charge in [0.1, 0.15) is 37.9 Å². The highest BCUT2D eigenvalue weighted by Gasteiger charge is 2.46. The molecule has 7 aromatic carbocycles. The van der Waals surface area contributed by atoms with E-state index in [1.165, 1.54) is 43.8 Å². The summed E-state index contributed by atoms with van der Waals surface area (Å²) in [6, 6.07) is 47.4. The van der Waals surface area contributed by atoms with Crippen LogP contribution >= 0.6 is 0 Å². The highest BCUT2D eigenvalue weighted by molar-refractivity contribution is 6.00. The fraction of sp³-hybridized carbons (Fsp3) is 0.106. The molecule has 53 heavy (non-hydrogen) atoms. The Morgan fingerprint density at radius 2 is 0.906 bits per heavy atom. The molecule has 1 aliphatic rings. The quantitative estimate of drug-likeness (QED) is 0.0720. The summed E-state index contributed by atoms with van der Waals surface area (Å²) in [4.78, 5) is 22.9. The Hall–Kier alpha value is -6.66. The maximum Gasteiger partial charge on any atom is 0.330 e. The zero-order valence-electron chi connectivity index (χ0n) is 29.0. The summed E-state index contributed by atoms with van der Waals surface area (Å²) in [6.07, 6.45) is 2.28. The molecule has 0 N–H and O–H groups in total. The number of benzene rings is 7. The van der Waals surface area contributed by atoms with E-state index in [1.807, 2.05) is 24.3 Å². The van der Waals surface area contributed by atoms with Gasteiger partial charge in [0.2, 0.25) is 0 Å². The summed E-state index contributed by atoms with van der Waals surface area (Å²) in [7, 11) is 0. The highest BCUT2D eigenvalue weighted by Crippen LogP contribution is 2.58. The largest absolute Gasteiger partial charge is 0.490 e. The zero-order valence-corrected chi connectivity index (χ0v) is 29.0. The predicted molar refractivity (Wildman–Crippen MR) is 210 cm³/mol. The lowest BCUT2D eigenvalue weighted by Crippen LogP contribution is -2.28. The third kappa shape index (κ3) is 6.19. The zero-order chi connectivity index (χ0) is 36.4. The first kappa shape index (κ1) is 33.5. The molecule has 0 radical (unpaired) electrons. The smallest absolute Gasteiger partial charge is 0.330 e. The van der Waals surface area contributed by atoms with Crippen LogP contribution in [0.5, 0.6) is 11.5 Å². The Balaban J connectivity index is 1.28. The molecular formula is C47H36O6. The van der Waals surface area contributed by atoms with Crippen LogP contribution in [-0.2, 0) is 24.5 Å². The molecule has 260 valence electrons. The normalized spacial score (nSPS) is 12.5. The Morgan fingerprint density at radius 3 is 1.45 bits per heavy atom. The first-order chi connectivity index (χ1) is 26.0. The Bertz CT molecular complexity index is 2460. The molecular weight excluding hydrogens is 661 g/mol. The molecule has 0 saturated carbocycles. The van der Waals surface area contributed by atoms with Crippen molar-refractivity contribution in [2.24, 2.45) is 0 Å². The molecule has 0 fully saturated rings. The maximum atomic E-state index is 11.5. The molecule has 7 aromatic rings. The molecule has 0 saturated heterocycles. The lowest BCUT2D eigenvalue weighted by atomic mass is 9.67. The van der Waals surface area contributed by atoms with Crippen molar-refractivity contribution in [3.8, 4) is 22.6 Å². The molecule has 0 atom stereocenters. The van der Waals surface area contributed by atoms with Gasteiger partial charge in [-0.1, -0.05) is 92.0 Å². The number of fused-ring (bicyclic) bond motifs is 6. The number of rotatable bonds is 12. The van der Waals surface area contributed by atoms with Gasteiger partial charge in [-0.05, 0) is 120 Å². The van der Waals surface area contributed by atoms with Crippen molar-refractivity contribution in [3.05, 3.63) is 181 Å². The second-order valence-corrected chi connectivity index (χ2v) is 12.9. The van der Waals surface area contributed by atoms with E-state index < -0.39 is 17.4 Å². The molecule has 0 aliphatic heterocycles. The van der Waals surface area contributed by atoms with E-state index in [0.717, 1.165) is 34.1 Å². The van der Waals surface area contributed by atoms with E-state index in [-0.39, 0.29) is 26.4 Å². The number of carbonyl (C=O) groups excluding carboxylic acids is 2. The SMILES string of the molecule is C=CC(=O)OCCOc1ccc(C2(c3ccc4cc(OCCOC(=O)C=C)ccc4c3)c3cc4ccccc4cc3-c3cc4ccccc4cc32)cc1. The van der Waals surface area contributed by atoms with E-state index in [1.54, 1.807) is 0 Å². The van der Waals surface area contributed by atoms with E-state index in [9.17, 15) is 9.59 Å². The number of hydrogen-bond acceptors (Lipinski definition) is 6. The first-order valence-corrected chi connectivity index (χ1v) is 17.5. The molecule has 0 unspecified atom stereocenters. The van der Waals surface area contributed by atoms with E-state index in [0.29, 0.717) is 11.5 Å². The Kier molecular flexibility index (Phi) is 8.95. The van der Waals surface area contributed by atoms with Gasteiger partial charge in [0.25, 0.3) is 0 Å². The van der Waals surface area contributed by atoms with Gasteiger partial charge in [-0.2, -0.15) is 0 Å². The highest BCUT2D eigenvalue weighted by atomic mass is 16.6. The van der Waals surface area contributed by atoms with Crippen molar-refractivity contribution in [2.75, 3.05) is 26.4 Å². The van der Waals surface area contributed by atoms with E-state index in [2.05, 4.69) is 122 Å². The van der Waals surface area contributed by atoms with Crippen LogP contribution in [0, 0.1) is 0 Å². The van der Waals surface area contributed by atoms with E-state index in [4.69, 9.17) is 18.9 Å². The van der Waals surface area contributed by atoms with Gasteiger partial charge in [0.05, 0.1) is 5.41 Å². The van der Waals surface area contributed by atoms with Crippen LogP contribution in [0.25, 0.3) is 43.4 Å². The standard InChI is InChI=1S/C47H36O6/c1-3-45(48)52-23-21-50-39-19-16-37(17-20-39)47(38-15-13-36-26-40(18-14-35(36)25-38)51-22-24-53-46(49)4-2)43-29-33-11-7-5-9-31(33)27-41(43)42-28-32-10-6-8-12-34(32)30-44(42)47/h3-20,25-30H,1-2,21-24H2. The van der Waals surface area contributed by atoms with Crippen molar-refractivity contribution >= 4 is 44.3 Å². The molecule has 6 nitrogen and oxygen atoms in total. The Labute approximate surface area is 307 Å². The van der Waals surface area contributed by atoms with Crippen molar-refractivity contribution in [2.45, 2.75) is 5.41 Å². The minimum absolute atomic E-state index is 0.129. The van der Waals surface area contributed by atoms with Gasteiger partial charge >= 0.3 is 11.9 Å². The number of hydrogen-bond donors (Lipinski definition) is 0. The summed E-state index contributed by atoms with van der Waals surface area (Å²) >= 11 is 0. The van der Waals surface area contributed by atoms with Crippen LogP contribution in [0.4, 0.5) is 0 Å². The fourth-order valence-corrected chi connectivity index (χ4v) is 7.55. The fourth-order valence-electron chi connectivity index (χ4n) is 7.55. The lowest BCUT2D eigenvalue weighted by Gasteiger charge is -2.34. The second kappa shape index (κ2) is 14.2. The molecule has 0 spiro atoms. The molecule has 6 heteroatoms. The maximum absolute atomic E-state index is 11.5. The Morgan fingerprint density at radius 1 is 0.472 bits per heavy atom. The van der Waals surface area contributed by atoms with Crippen molar-refractivity contribution < 1.29 is 28.5 Å². The molecule has 1 aliphatic carbocycles. The molecule has 0 aromatic heterocycles. The van der Waals surface area contributed by atoms with E-state index >= 15 is 0 Å². The van der Waals surface area contributed by atoms with Gasteiger partial charge in [-0.25, -0.2) is 9.59 Å². The molecule has 0 bridgehead atoms. The number of carbonyl (C=O) groups is 2. The summed E-state index contributed by atoms with van der Waals surface area (Å²) in [6.45, 7) is 7.61. The molecule has 8 rings (SSSR count). The minimum Gasteiger partial charge on any atom is -0.490 e. The third-order valence-electron chi connectivity index (χ3n) is 9.93. The summed E-state index contributed by atoms with van der Waals surface area (Å²) < 4.78 is 22.1. The summed E-state index contributed by atoms with van der Waals surface area (Å²) in [5.74, 6) is 0.423. The average molecular weight is 697 g/mol. The van der Waals surface area contributed by atoms with Crippen molar-refractivity contribution in [1.29, 1.82) is 0 Å². The van der Waals surface area contributed by atoms with Gasteiger partial charge in [0.15, 0.2) is 0 Å². The predicted octanol–water partition coefficient (Wildman–Crippen LogP) is 9.73. The first-order valence-electron chi connectivity index (χ1n) is 17.5. The summed E-state index contributed by atoms with van der Waals surface area (Å²) in [5.41, 5.74) is 6.38. The van der Waals surface area contributed by atoms with Gasteiger partial charge in [-0.3, -0.25) is 0 Å². The van der Waals surface area contributed by atoms with Crippen LogP contribution in [-0.4, -0.2) is 38.4 Å². The van der Waals surface area contributed by atoms with Gasteiger partial charge in [0, 0.05) is 12.2 Å².